The number of aromatic nitrogens is 2. The van der Waals surface area contributed by atoms with Gasteiger partial charge in [0.15, 0.2) is 0 Å². The molecule has 0 fully saturated rings. The lowest BCUT2D eigenvalue weighted by Crippen LogP contribution is -2.37. The molecule has 2 N–H and O–H groups in total. The first kappa shape index (κ1) is 13.8. The lowest BCUT2D eigenvalue weighted by Gasteiger charge is -2.27. The largest absolute Gasteiger partial charge is 0.388 e. The second kappa shape index (κ2) is 6.46. The molecule has 17 heavy (non-hydrogen) atoms. The lowest BCUT2D eigenvalue weighted by molar-refractivity contribution is 0.181. The number of likely N-dealkylation sites (N-methyl/N-ethyl adjacent to an activating group) is 1. The number of nitrogens with zero attached hydrogens (tertiary/aromatic N) is 3. The second-order valence-electron chi connectivity index (χ2n) is 3.70. The first-order valence-electron chi connectivity index (χ1n) is 5.48. The van der Waals surface area contributed by atoms with Crippen molar-refractivity contribution in [1.29, 1.82) is 0 Å². The molecule has 0 amide bonds. The lowest BCUT2D eigenvalue weighted by atomic mass is 10.3. The zero-order valence-electron chi connectivity index (χ0n) is 10.4. The number of ether oxygens (including phenoxy) is 1. The third-order valence-corrected chi connectivity index (χ3v) is 2.64. The maximum atomic E-state index is 5.56. The number of nitrogens with two attached hydrogens (primary N) is 1. The average Bonchev–Trinajstić information content (AvgIpc) is 2.30. The van der Waals surface area contributed by atoms with Crippen LogP contribution in [-0.2, 0) is 4.74 Å². The fourth-order valence-corrected chi connectivity index (χ4v) is 1.72. The molecule has 0 radical (unpaired) electrons. The van der Waals surface area contributed by atoms with Crippen LogP contribution in [0.5, 0.6) is 0 Å². The van der Waals surface area contributed by atoms with Gasteiger partial charge in [-0.15, -0.1) is 0 Å². The molecule has 1 atom stereocenters. The van der Waals surface area contributed by atoms with Crippen LogP contribution in [0.1, 0.15) is 19.5 Å². The number of rotatable bonds is 6. The fraction of sp³-hybridized carbons (Fsp3) is 0.545. The van der Waals surface area contributed by atoms with Crippen molar-refractivity contribution in [3.63, 3.8) is 0 Å². The van der Waals surface area contributed by atoms with Gasteiger partial charge in [-0.05, 0) is 19.9 Å². The van der Waals surface area contributed by atoms with Crippen LogP contribution >= 0.6 is 12.2 Å². The van der Waals surface area contributed by atoms with Crippen molar-refractivity contribution in [3.8, 4) is 0 Å². The van der Waals surface area contributed by atoms with E-state index in [1.54, 1.807) is 19.4 Å². The maximum Gasteiger partial charge on any atom is 0.226 e. The van der Waals surface area contributed by atoms with E-state index in [1.807, 2.05) is 11.8 Å². The van der Waals surface area contributed by atoms with Crippen LogP contribution in [0.3, 0.4) is 0 Å². The zero-order chi connectivity index (χ0) is 12.8. The van der Waals surface area contributed by atoms with Gasteiger partial charge in [0, 0.05) is 19.9 Å². The monoisotopic (exact) mass is 254 g/mol. The number of anilines is 1. The first-order chi connectivity index (χ1) is 8.10. The van der Waals surface area contributed by atoms with E-state index in [9.17, 15) is 0 Å². The molecule has 0 bridgehead atoms. The highest BCUT2D eigenvalue weighted by Crippen LogP contribution is 2.11. The minimum absolute atomic E-state index is 0.201. The van der Waals surface area contributed by atoms with E-state index in [4.69, 9.17) is 22.7 Å². The molecular weight excluding hydrogens is 236 g/mol. The molecule has 1 rings (SSSR count). The van der Waals surface area contributed by atoms with Crippen molar-refractivity contribution in [1.82, 2.24) is 9.97 Å². The summed E-state index contributed by atoms with van der Waals surface area (Å²) in [5, 5.41) is 0. The normalized spacial score (nSPS) is 12.2. The molecule has 0 aliphatic heterocycles. The van der Waals surface area contributed by atoms with E-state index < -0.39 is 0 Å². The van der Waals surface area contributed by atoms with Crippen LogP contribution in [0.15, 0.2) is 12.3 Å². The highest BCUT2D eigenvalue weighted by atomic mass is 32.1. The Labute approximate surface area is 107 Å². The quantitative estimate of drug-likeness (QED) is 0.763. The van der Waals surface area contributed by atoms with Gasteiger partial charge in [-0.3, -0.25) is 0 Å². The molecule has 6 heteroatoms. The number of hydrogen-bond acceptors (Lipinski definition) is 5. The summed E-state index contributed by atoms with van der Waals surface area (Å²) in [4.78, 5) is 10.9. The summed E-state index contributed by atoms with van der Waals surface area (Å²) in [6, 6.07) is 1.91. The Morgan fingerprint density at radius 1 is 1.65 bits per heavy atom. The topological polar surface area (TPSA) is 64.3 Å². The SMILES string of the molecule is CCN(c1nccc(C(N)=S)n1)C(C)COC. The van der Waals surface area contributed by atoms with Crippen LogP contribution in [0.4, 0.5) is 5.95 Å². The van der Waals surface area contributed by atoms with Crippen LogP contribution in [0.25, 0.3) is 0 Å². The molecule has 94 valence electrons. The molecule has 1 heterocycles. The summed E-state index contributed by atoms with van der Waals surface area (Å²) in [5.74, 6) is 0.627. The summed E-state index contributed by atoms with van der Waals surface area (Å²) in [7, 11) is 1.68. The summed E-state index contributed by atoms with van der Waals surface area (Å²) in [6.45, 7) is 5.52. The van der Waals surface area contributed by atoms with Gasteiger partial charge in [-0.2, -0.15) is 0 Å². The predicted octanol–water partition coefficient (Wildman–Crippen LogP) is 0.972. The highest BCUT2D eigenvalue weighted by molar-refractivity contribution is 7.80. The van der Waals surface area contributed by atoms with E-state index in [0.29, 0.717) is 18.2 Å². The molecule has 0 aliphatic rings. The van der Waals surface area contributed by atoms with Gasteiger partial charge < -0.3 is 15.4 Å². The molecule has 0 saturated carbocycles. The second-order valence-corrected chi connectivity index (χ2v) is 4.14. The Kier molecular flexibility index (Phi) is 5.24. The van der Waals surface area contributed by atoms with Crippen molar-refractivity contribution in [2.24, 2.45) is 5.73 Å². The van der Waals surface area contributed by atoms with Gasteiger partial charge >= 0.3 is 0 Å². The summed E-state index contributed by atoms with van der Waals surface area (Å²) >= 11 is 4.91. The van der Waals surface area contributed by atoms with Crippen LogP contribution in [0, 0.1) is 0 Å². The average molecular weight is 254 g/mol. The van der Waals surface area contributed by atoms with Crippen LogP contribution in [0.2, 0.25) is 0 Å². The number of methoxy groups -OCH3 is 1. The molecule has 0 spiro atoms. The van der Waals surface area contributed by atoms with E-state index in [0.717, 1.165) is 6.54 Å². The third kappa shape index (κ3) is 3.61. The summed E-state index contributed by atoms with van der Waals surface area (Å²) in [6.07, 6.45) is 1.67. The molecule has 1 unspecified atom stereocenters. The fourth-order valence-electron chi connectivity index (χ4n) is 1.61. The molecular formula is C11H18N4OS. The Morgan fingerprint density at radius 3 is 2.88 bits per heavy atom. The molecule has 0 aromatic carbocycles. The van der Waals surface area contributed by atoms with Gasteiger partial charge in [-0.25, -0.2) is 9.97 Å². The van der Waals surface area contributed by atoms with E-state index in [1.165, 1.54) is 0 Å². The summed E-state index contributed by atoms with van der Waals surface area (Å²) in [5.41, 5.74) is 6.15. The van der Waals surface area contributed by atoms with Gasteiger partial charge in [0.1, 0.15) is 10.7 Å². The zero-order valence-corrected chi connectivity index (χ0v) is 11.2. The standard InChI is InChI=1S/C11H18N4OS/c1-4-15(8(2)7-16-3)11-13-6-5-9(14-11)10(12)17/h5-6,8H,4,7H2,1-3H3,(H2,12,17). The Bertz CT molecular complexity index is 385. The highest BCUT2D eigenvalue weighted by Gasteiger charge is 2.15. The molecule has 5 nitrogen and oxygen atoms in total. The Hall–Kier alpha value is -1.27. The maximum absolute atomic E-state index is 5.56. The third-order valence-electron chi connectivity index (χ3n) is 2.43. The Balaban J connectivity index is 2.95. The van der Waals surface area contributed by atoms with Crippen molar-refractivity contribution in [2.45, 2.75) is 19.9 Å². The van der Waals surface area contributed by atoms with Crippen LogP contribution in [-0.4, -0.2) is 41.3 Å². The molecule has 1 aromatic rings. The minimum Gasteiger partial charge on any atom is -0.388 e. The van der Waals surface area contributed by atoms with E-state index in [2.05, 4.69) is 16.9 Å². The van der Waals surface area contributed by atoms with Crippen molar-refractivity contribution in [2.75, 3.05) is 25.2 Å². The van der Waals surface area contributed by atoms with Gasteiger partial charge in [0.05, 0.1) is 12.6 Å². The van der Waals surface area contributed by atoms with Crippen molar-refractivity contribution >= 4 is 23.2 Å². The molecule has 0 saturated heterocycles. The first-order valence-corrected chi connectivity index (χ1v) is 5.89. The number of hydrogen-bond donors (Lipinski definition) is 1. The number of thiocarbonyl (C=S) groups is 1. The predicted molar refractivity (Wildman–Crippen MR) is 72.3 cm³/mol. The van der Waals surface area contributed by atoms with Gasteiger partial charge in [0.25, 0.3) is 0 Å². The molecule has 0 aliphatic carbocycles. The minimum atomic E-state index is 0.201. The summed E-state index contributed by atoms with van der Waals surface area (Å²) < 4.78 is 5.14. The van der Waals surface area contributed by atoms with Gasteiger partial charge in [0.2, 0.25) is 5.95 Å². The van der Waals surface area contributed by atoms with E-state index >= 15 is 0 Å². The van der Waals surface area contributed by atoms with Crippen LogP contribution < -0.4 is 10.6 Å². The van der Waals surface area contributed by atoms with Crippen molar-refractivity contribution in [3.05, 3.63) is 18.0 Å². The van der Waals surface area contributed by atoms with Crippen molar-refractivity contribution < 1.29 is 4.74 Å². The smallest absolute Gasteiger partial charge is 0.226 e. The van der Waals surface area contributed by atoms with Gasteiger partial charge in [-0.1, -0.05) is 12.2 Å². The Morgan fingerprint density at radius 2 is 2.35 bits per heavy atom. The molecule has 1 aromatic heterocycles. The van der Waals surface area contributed by atoms with E-state index in [-0.39, 0.29) is 11.0 Å².